The topological polar surface area (TPSA) is 87.0 Å². The molecule has 3 aromatic carbocycles. The number of phenols is 3. The highest BCUT2D eigenvalue weighted by Crippen LogP contribution is 2.37. The molecular formula is C22H14ClF3O5. The zero-order valence-electron chi connectivity index (χ0n) is 15.5. The Balaban J connectivity index is 1.92. The molecule has 0 bridgehead atoms. The summed E-state index contributed by atoms with van der Waals surface area (Å²) < 4.78 is 46.0. The number of rotatable bonds is 5. The highest BCUT2D eigenvalue weighted by atomic mass is 35.5. The van der Waals surface area contributed by atoms with Gasteiger partial charge in [0.05, 0.1) is 5.56 Å². The van der Waals surface area contributed by atoms with Crippen molar-refractivity contribution >= 4 is 23.5 Å². The van der Waals surface area contributed by atoms with Gasteiger partial charge in [-0.2, -0.15) is 13.2 Å². The van der Waals surface area contributed by atoms with Crippen LogP contribution in [0, 0.1) is 0 Å². The fourth-order valence-corrected chi connectivity index (χ4v) is 2.85. The smallest absolute Gasteiger partial charge is 0.417 e. The number of phenolic OH excluding ortho intramolecular Hbond substituents is 3. The lowest BCUT2D eigenvalue weighted by Crippen LogP contribution is -2.08. The molecule has 0 aromatic heterocycles. The lowest BCUT2D eigenvalue weighted by atomic mass is 10.0. The molecule has 3 N–H and O–H groups in total. The summed E-state index contributed by atoms with van der Waals surface area (Å²) in [7, 11) is 0. The van der Waals surface area contributed by atoms with Crippen molar-refractivity contribution in [3.63, 3.8) is 0 Å². The van der Waals surface area contributed by atoms with Gasteiger partial charge in [-0.1, -0.05) is 23.7 Å². The summed E-state index contributed by atoms with van der Waals surface area (Å²) in [5.41, 5.74) is -1.94. The number of halogens is 4. The SMILES string of the molecule is O=C(/C=C/c1ccc(Oc2ccc(Cl)cc2)cc1C(F)(F)F)c1c(O)cc(O)cc1O. The number of aromatic hydroxyl groups is 3. The molecule has 0 fully saturated rings. The number of ether oxygens (including phenoxy) is 1. The zero-order valence-corrected chi connectivity index (χ0v) is 16.3. The van der Waals surface area contributed by atoms with Crippen molar-refractivity contribution in [2.24, 2.45) is 0 Å². The number of carbonyl (C=O) groups excluding carboxylic acids is 1. The first-order valence-electron chi connectivity index (χ1n) is 8.66. The van der Waals surface area contributed by atoms with Crippen LogP contribution in [0.3, 0.4) is 0 Å². The Kier molecular flexibility index (Phi) is 6.12. The first-order chi connectivity index (χ1) is 14.5. The van der Waals surface area contributed by atoms with Crippen molar-refractivity contribution < 1.29 is 38.0 Å². The molecule has 0 aliphatic heterocycles. The van der Waals surface area contributed by atoms with E-state index in [1.54, 1.807) is 0 Å². The van der Waals surface area contributed by atoms with Crippen LogP contribution in [-0.4, -0.2) is 21.1 Å². The van der Waals surface area contributed by atoms with Crippen LogP contribution in [0.5, 0.6) is 28.7 Å². The van der Waals surface area contributed by atoms with Crippen LogP contribution in [0.1, 0.15) is 21.5 Å². The monoisotopic (exact) mass is 450 g/mol. The second kappa shape index (κ2) is 8.61. The molecule has 0 aliphatic carbocycles. The Morgan fingerprint density at radius 2 is 1.48 bits per heavy atom. The maximum atomic E-state index is 13.5. The standard InChI is InChI=1S/C22H14ClF3O5/c23-13-3-6-15(7-4-13)31-16-5-1-12(17(11-16)22(24,25)26)2-8-18(28)21-19(29)9-14(27)10-20(21)30/h1-11,27,29-30H/b8-2+. The van der Waals surface area contributed by atoms with E-state index in [0.29, 0.717) is 5.02 Å². The third-order valence-corrected chi connectivity index (χ3v) is 4.37. The van der Waals surface area contributed by atoms with Gasteiger partial charge in [0.25, 0.3) is 0 Å². The highest BCUT2D eigenvalue weighted by Gasteiger charge is 2.33. The maximum absolute atomic E-state index is 13.5. The molecule has 0 aliphatic rings. The number of ketones is 1. The Labute approximate surface area is 179 Å². The van der Waals surface area contributed by atoms with E-state index in [1.165, 1.54) is 30.3 Å². The number of hydrogen-bond acceptors (Lipinski definition) is 5. The fraction of sp³-hybridized carbons (Fsp3) is 0.0455. The van der Waals surface area contributed by atoms with Crippen LogP contribution in [0.2, 0.25) is 5.02 Å². The van der Waals surface area contributed by atoms with Crippen molar-refractivity contribution in [1.29, 1.82) is 0 Å². The van der Waals surface area contributed by atoms with E-state index in [4.69, 9.17) is 16.3 Å². The van der Waals surface area contributed by atoms with Crippen molar-refractivity contribution in [2.75, 3.05) is 0 Å². The molecule has 0 amide bonds. The van der Waals surface area contributed by atoms with Crippen LogP contribution in [0.15, 0.2) is 60.7 Å². The minimum absolute atomic E-state index is 0.0769. The van der Waals surface area contributed by atoms with E-state index in [0.717, 1.165) is 36.4 Å². The quantitative estimate of drug-likeness (QED) is 0.320. The van der Waals surface area contributed by atoms with E-state index >= 15 is 0 Å². The Morgan fingerprint density at radius 3 is 2.06 bits per heavy atom. The molecule has 3 rings (SSSR count). The van der Waals surface area contributed by atoms with Gasteiger partial charge in [-0.05, 0) is 48.0 Å². The second-order valence-electron chi connectivity index (χ2n) is 6.36. The van der Waals surface area contributed by atoms with Crippen LogP contribution >= 0.6 is 11.6 Å². The number of allylic oxidation sites excluding steroid dienone is 1. The van der Waals surface area contributed by atoms with Gasteiger partial charge in [0, 0.05) is 17.2 Å². The van der Waals surface area contributed by atoms with Crippen LogP contribution in [0.4, 0.5) is 13.2 Å². The molecule has 0 saturated heterocycles. The number of carbonyl (C=O) groups is 1. The number of alkyl halides is 3. The summed E-state index contributed by atoms with van der Waals surface area (Å²) in [6, 6.07) is 10.9. The number of hydrogen-bond donors (Lipinski definition) is 3. The molecule has 0 radical (unpaired) electrons. The zero-order chi connectivity index (χ0) is 22.8. The van der Waals surface area contributed by atoms with Gasteiger partial charge in [0.2, 0.25) is 0 Å². The third kappa shape index (κ3) is 5.29. The van der Waals surface area contributed by atoms with Crippen molar-refractivity contribution in [3.05, 3.63) is 82.4 Å². The molecule has 5 nitrogen and oxygen atoms in total. The van der Waals surface area contributed by atoms with E-state index in [-0.39, 0.29) is 17.1 Å². The minimum Gasteiger partial charge on any atom is -0.508 e. The molecule has 160 valence electrons. The maximum Gasteiger partial charge on any atom is 0.417 e. The first kappa shape index (κ1) is 22.0. The molecular weight excluding hydrogens is 437 g/mol. The van der Waals surface area contributed by atoms with Gasteiger partial charge in [0.1, 0.15) is 34.3 Å². The lowest BCUT2D eigenvalue weighted by molar-refractivity contribution is -0.137. The van der Waals surface area contributed by atoms with Gasteiger partial charge >= 0.3 is 6.18 Å². The largest absolute Gasteiger partial charge is 0.508 e. The van der Waals surface area contributed by atoms with E-state index in [1.807, 2.05) is 0 Å². The second-order valence-corrected chi connectivity index (χ2v) is 6.80. The molecule has 0 atom stereocenters. The summed E-state index contributed by atoms with van der Waals surface area (Å²) in [5.74, 6) is -2.65. The van der Waals surface area contributed by atoms with E-state index in [2.05, 4.69) is 0 Å². The van der Waals surface area contributed by atoms with Crippen LogP contribution in [-0.2, 0) is 6.18 Å². The fourth-order valence-electron chi connectivity index (χ4n) is 2.73. The average Bonchev–Trinajstić information content (AvgIpc) is 2.67. The summed E-state index contributed by atoms with van der Waals surface area (Å²) in [5, 5.41) is 29.2. The lowest BCUT2D eigenvalue weighted by Gasteiger charge is -2.13. The minimum atomic E-state index is -4.75. The van der Waals surface area contributed by atoms with E-state index in [9.17, 15) is 33.3 Å². The van der Waals surface area contributed by atoms with Crippen LogP contribution in [0.25, 0.3) is 6.08 Å². The predicted octanol–water partition coefficient (Wildman–Crippen LogP) is 6.16. The molecule has 0 saturated carbocycles. The van der Waals surface area contributed by atoms with Gasteiger partial charge in [-0.15, -0.1) is 0 Å². The molecule has 0 heterocycles. The molecule has 3 aromatic rings. The molecule has 0 spiro atoms. The van der Waals surface area contributed by atoms with E-state index < -0.39 is 40.3 Å². The first-order valence-corrected chi connectivity index (χ1v) is 9.04. The Bertz CT molecular complexity index is 1130. The Morgan fingerprint density at radius 1 is 0.903 bits per heavy atom. The average molecular weight is 451 g/mol. The molecule has 31 heavy (non-hydrogen) atoms. The van der Waals surface area contributed by atoms with Gasteiger partial charge in [-0.25, -0.2) is 0 Å². The van der Waals surface area contributed by atoms with Gasteiger partial charge in [0.15, 0.2) is 5.78 Å². The third-order valence-electron chi connectivity index (χ3n) is 4.12. The van der Waals surface area contributed by atoms with Gasteiger partial charge < -0.3 is 20.1 Å². The van der Waals surface area contributed by atoms with Crippen molar-refractivity contribution in [1.82, 2.24) is 0 Å². The normalized spacial score (nSPS) is 11.6. The molecule has 9 heteroatoms. The van der Waals surface area contributed by atoms with Gasteiger partial charge in [-0.3, -0.25) is 4.79 Å². The predicted molar refractivity (Wildman–Crippen MR) is 108 cm³/mol. The molecule has 0 unspecified atom stereocenters. The summed E-state index contributed by atoms with van der Waals surface area (Å²) in [4.78, 5) is 12.3. The highest BCUT2D eigenvalue weighted by molar-refractivity contribution is 6.30. The van der Waals surface area contributed by atoms with Crippen LogP contribution < -0.4 is 4.74 Å². The van der Waals surface area contributed by atoms with Crippen molar-refractivity contribution in [3.8, 4) is 28.7 Å². The Hall–Kier alpha value is -3.65. The number of benzene rings is 3. The summed E-state index contributed by atoms with van der Waals surface area (Å²) in [6.07, 6.45) is -3.07. The van der Waals surface area contributed by atoms with Crippen molar-refractivity contribution in [2.45, 2.75) is 6.18 Å². The summed E-state index contributed by atoms with van der Waals surface area (Å²) >= 11 is 5.77. The summed E-state index contributed by atoms with van der Waals surface area (Å²) in [6.45, 7) is 0.